The van der Waals surface area contributed by atoms with Crippen molar-refractivity contribution in [2.24, 2.45) is 5.92 Å². The Morgan fingerprint density at radius 1 is 0.643 bits per heavy atom. The standard InChI is InChI=1S/C31H53B2NO8/c1-25(31(37)38)18-16-17-21-34-30(36)20-15-13-11-9-7-5-3-2-4-6-8-10-12-14-19-29(35)26-22-27(32(39)40)24-28(23-26)33(41)42/h22-25,39-42H,2-21H2,1H3,(H,34,36)(H,37,38)/t25-/m0/s1. The lowest BCUT2D eigenvalue weighted by Gasteiger charge is -2.09. The molecule has 11 heteroatoms. The maximum absolute atomic E-state index is 12.5. The monoisotopic (exact) mass is 589 g/mol. The molecule has 0 fully saturated rings. The summed E-state index contributed by atoms with van der Waals surface area (Å²) in [5.74, 6) is -1.13. The molecule has 0 saturated carbocycles. The zero-order valence-electron chi connectivity index (χ0n) is 25.6. The predicted molar refractivity (Wildman–Crippen MR) is 168 cm³/mol. The first-order valence-electron chi connectivity index (χ1n) is 16.0. The minimum Gasteiger partial charge on any atom is -0.481 e. The topological polar surface area (TPSA) is 164 Å². The Kier molecular flexibility index (Phi) is 21.0. The number of amides is 1. The van der Waals surface area contributed by atoms with E-state index in [9.17, 15) is 34.5 Å². The summed E-state index contributed by atoms with van der Waals surface area (Å²) in [6.45, 7) is 2.34. The molecular formula is C31H53B2NO8. The molecule has 0 unspecified atom stereocenters. The highest BCUT2D eigenvalue weighted by molar-refractivity contribution is 6.62. The first kappa shape index (κ1) is 37.8. The zero-order valence-corrected chi connectivity index (χ0v) is 25.6. The molecule has 42 heavy (non-hydrogen) atoms. The van der Waals surface area contributed by atoms with E-state index < -0.39 is 20.2 Å². The van der Waals surface area contributed by atoms with Gasteiger partial charge in [-0.1, -0.05) is 109 Å². The Bertz CT molecular complexity index is 887. The van der Waals surface area contributed by atoms with E-state index in [4.69, 9.17) is 5.11 Å². The third-order valence-corrected chi connectivity index (χ3v) is 7.76. The number of hydrogen-bond donors (Lipinski definition) is 6. The molecule has 0 aliphatic rings. The van der Waals surface area contributed by atoms with Crippen LogP contribution < -0.4 is 16.2 Å². The van der Waals surface area contributed by atoms with Gasteiger partial charge >= 0.3 is 20.2 Å². The lowest BCUT2D eigenvalue weighted by molar-refractivity contribution is -0.141. The highest BCUT2D eigenvalue weighted by Gasteiger charge is 2.20. The second-order valence-corrected chi connectivity index (χ2v) is 11.6. The highest BCUT2D eigenvalue weighted by Crippen LogP contribution is 2.15. The number of nitrogens with one attached hydrogen (secondary N) is 1. The smallest absolute Gasteiger partial charge is 0.481 e. The molecule has 1 aromatic carbocycles. The van der Waals surface area contributed by atoms with Crippen LogP contribution in [0.3, 0.4) is 0 Å². The lowest BCUT2D eigenvalue weighted by Crippen LogP contribution is -2.39. The van der Waals surface area contributed by atoms with E-state index in [1.165, 1.54) is 69.6 Å². The number of ketones is 1. The van der Waals surface area contributed by atoms with Crippen LogP contribution in [0.15, 0.2) is 18.2 Å². The minimum atomic E-state index is -1.78. The van der Waals surface area contributed by atoms with Gasteiger partial charge in [0.1, 0.15) is 0 Å². The van der Waals surface area contributed by atoms with E-state index in [2.05, 4.69) is 5.32 Å². The summed E-state index contributed by atoms with van der Waals surface area (Å²) in [6.07, 6.45) is 19.0. The molecule has 0 saturated heterocycles. The van der Waals surface area contributed by atoms with Crippen molar-refractivity contribution in [2.45, 2.75) is 129 Å². The van der Waals surface area contributed by atoms with Gasteiger partial charge in [-0.15, -0.1) is 0 Å². The summed E-state index contributed by atoms with van der Waals surface area (Å²) in [6, 6.07) is 4.04. The Morgan fingerprint density at radius 2 is 1.07 bits per heavy atom. The van der Waals surface area contributed by atoms with Crippen molar-refractivity contribution in [3.8, 4) is 0 Å². The SMILES string of the molecule is C[C@@H](CCCCNC(=O)CCCCCCCCCCCCCCCCC(=O)c1cc(B(O)O)cc(B(O)O)c1)C(=O)O. The van der Waals surface area contributed by atoms with E-state index in [0.717, 1.165) is 51.4 Å². The van der Waals surface area contributed by atoms with Crippen molar-refractivity contribution < 1.29 is 39.6 Å². The van der Waals surface area contributed by atoms with Gasteiger partial charge in [-0.3, -0.25) is 14.4 Å². The van der Waals surface area contributed by atoms with Gasteiger partial charge in [0.2, 0.25) is 5.91 Å². The molecule has 1 aromatic rings. The normalized spacial score (nSPS) is 11.7. The van der Waals surface area contributed by atoms with Gasteiger partial charge in [0.05, 0.1) is 5.92 Å². The third-order valence-electron chi connectivity index (χ3n) is 7.76. The van der Waals surface area contributed by atoms with Gasteiger partial charge in [0.25, 0.3) is 0 Å². The van der Waals surface area contributed by atoms with Gasteiger partial charge in [-0.2, -0.15) is 0 Å². The molecule has 0 aliphatic heterocycles. The van der Waals surface area contributed by atoms with Gasteiger partial charge < -0.3 is 30.5 Å². The van der Waals surface area contributed by atoms with Crippen LogP contribution in [0, 0.1) is 5.92 Å². The zero-order chi connectivity index (χ0) is 31.2. The quantitative estimate of drug-likeness (QED) is 0.0543. The molecule has 0 aliphatic carbocycles. The number of unbranched alkanes of at least 4 members (excludes halogenated alkanes) is 14. The minimum absolute atomic E-state index is 0.0660. The fraction of sp³-hybridized carbons (Fsp3) is 0.710. The number of carboxylic acid groups (broad SMARTS) is 1. The van der Waals surface area contributed by atoms with E-state index >= 15 is 0 Å². The van der Waals surface area contributed by atoms with Crippen LogP contribution in [-0.2, 0) is 9.59 Å². The van der Waals surface area contributed by atoms with Crippen LogP contribution in [0.2, 0.25) is 0 Å². The highest BCUT2D eigenvalue weighted by atomic mass is 16.4. The number of benzene rings is 1. The number of carboxylic acids is 1. The predicted octanol–water partition coefficient (Wildman–Crippen LogP) is 3.48. The number of hydrogen-bond acceptors (Lipinski definition) is 7. The largest absolute Gasteiger partial charge is 0.488 e. The average Bonchev–Trinajstić information content (AvgIpc) is 2.96. The van der Waals surface area contributed by atoms with Crippen molar-refractivity contribution in [2.75, 3.05) is 6.54 Å². The number of aliphatic carboxylic acids is 1. The maximum atomic E-state index is 12.5. The maximum Gasteiger partial charge on any atom is 0.488 e. The molecule has 0 aromatic heterocycles. The van der Waals surface area contributed by atoms with Crippen LogP contribution in [0.4, 0.5) is 0 Å². The molecule has 1 atom stereocenters. The van der Waals surface area contributed by atoms with Crippen molar-refractivity contribution >= 4 is 42.8 Å². The molecule has 1 amide bonds. The van der Waals surface area contributed by atoms with E-state index in [-0.39, 0.29) is 34.1 Å². The molecule has 1 rings (SSSR count). The van der Waals surface area contributed by atoms with E-state index in [0.29, 0.717) is 25.8 Å². The summed E-state index contributed by atoms with van der Waals surface area (Å²) in [5, 5.41) is 49.3. The third kappa shape index (κ3) is 18.4. The van der Waals surface area contributed by atoms with Gasteiger partial charge in [-0.25, -0.2) is 0 Å². The molecule has 0 bridgehead atoms. The van der Waals surface area contributed by atoms with Crippen LogP contribution in [0.5, 0.6) is 0 Å². The Balaban J connectivity index is 1.92. The molecule has 0 heterocycles. The number of Topliss-reactive ketones (excluding diaryl/α,β-unsaturated/α-hetero) is 1. The van der Waals surface area contributed by atoms with Crippen molar-refractivity contribution in [1.29, 1.82) is 0 Å². The lowest BCUT2D eigenvalue weighted by atomic mass is 9.71. The fourth-order valence-corrected chi connectivity index (χ4v) is 4.99. The molecule has 0 radical (unpaired) electrons. The van der Waals surface area contributed by atoms with E-state index in [1.807, 2.05) is 0 Å². The average molecular weight is 589 g/mol. The second kappa shape index (κ2) is 23.3. The van der Waals surface area contributed by atoms with Gasteiger partial charge in [-0.05, 0) is 36.6 Å². The molecule has 236 valence electrons. The Hall–Kier alpha value is -2.20. The van der Waals surface area contributed by atoms with Crippen LogP contribution in [0.1, 0.15) is 139 Å². The van der Waals surface area contributed by atoms with Gasteiger partial charge in [0, 0.05) is 24.9 Å². The van der Waals surface area contributed by atoms with Crippen LogP contribution in [-0.4, -0.2) is 63.6 Å². The number of carbonyl (C=O) groups excluding carboxylic acids is 2. The summed E-state index contributed by atoms with van der Waals surface area (Å²) >= 11 is 0. The molecule has 0 spiro atoms. The first-order valence-corrected chi connectivity index (χ1v) is 16.0. The van der Waals surface area contributed by atoms with Crippen molar-refractivity contribution in [1.82, 2.24) is 5.32 Å². The Morgan fingerprint density at radius 3 is 1.50 bits per heavy atom. The molecule has 6 N–H and O–H groups in total. The number of rotatable bonds is 26. The van der Waals surface area contributed by atoms with E-state index in [1.54, 1.807) is 6.92 Å². The summed E-state index contributed by atoms with van der Waals surface area (Å²) < 4.78 is 0. The molecule has 9 nitrogen and oxygen atoms in total. The van der Waals surface area contributed by atoms with Crippen LogP contribution in [0.25, 0.3) is 0 Å². The summed E-state index contributed by atoms with van der Waals surface area (Å²) in [5.41, 5.74) is 0.396. The van der Waals surface area contributed by atoms with Gasteiger partial charge in [0.15, 0.2) is 5.78 Å². The van der Waals surface area contributed by atoms with Crippen LogP contribution >= 0.6 is 0 Å². The fourth-order valence-electron chi connectivity index (χ4n) is 4.99. The molecular weight excluding hydrogens is 536 g/mol. The first-order chi connectivity index (χ1) is 20.1. The number of carbonyl (C=O) groups is 3. The van der Waals surface area contributed by atoms with Crippen molar-refractivity contribution in [3.05, 3.63) is 23.8 Å². The second-order valence-electron chi connectivity index (χ2n) is 11.6. The van der Waals surface area contributed by atoms with Crippen molar-refractivity contribution in [3.63, 3.8) is 0 Å². The Labute approximate surface area is 252 Å². The summed E-state index contributed by atoms with van der Waals surface area (Å²) in [7, 11) is -3.56. The summed E-state index contributed by atoms with van der Waals surface area (Å²) in [4.78, 5) is 35.1.